The van der Waals surface area contributed by atoms with Gasteiger partial charge in [0.05, 0.1) is 16.7 Å². The molecule has 1 aliphatic heterocycles. The molecule has 0 radical (unpaired) electrons. The summed E-state index contributed by atoms with van der Waals surface area (Å²) >= 11 is 0. The highest BCUT2D eigenvalue weighted by Gasteiger charge is 2.27. The van der Waals surface area contributed by atoms with Crippen LogP contribution in [0, 0.1) is 5.82 Å². The normalized spacial score (nSPS) is 19.2. The molecule has 8 heteroatoms. The zero-order valence-corrected chi connectivity index (χ0v) is 17.9. The molecule has 3 aromatic heterocycles. The monoisotopic (exact) mass is 432 g/mol. The third-order valence-electron chi connectivity index (χ3n) is 6.72. The number of nitrogens with one attached hydrogen (secondary N) is 1. The second-order valence-corrected chi connectivity index (χ2v) is 8.96. The van der Waals surface area contributed by atoms with E-state index in [0.717, 1.165) is 30.8 Å². The first-order chi connectivity index (χ1) is 15.5. The second kappa shape index (κ2) is 7.41. The van der Waals surface area contributed by atoms with E-state index in [1.165, 1.54) is 23.9 Å². The van der Waals surface area contributed by atoms with Gasteiger partial charge in [-0.2, -0.15) is 5.10 Å². The molecular formula is C24H25FN6O. The Labute approximate surface area is 184 Å². The lowest BCUT2D eigenvalue weighted by Gasteiger charge is -2.30. The Morgan fingerprint density at radius 1 is 1.06 bits per heavy atom. The highest BCUT2D eigenvalue weighted by molar-refractivity contribution is 5.89. The van der Waals surface area contributed by atoms with Crippen LogP contribution in [-0.4, -0.2) is 50.0 Å². The molecule has 7 nitrogen and oxygen atoms in total. The van der Waals surface area contributed by atoms with E-state index >= 15 is 0 Å². The Kier molecular flexibility index (Phi) is 4.50. The van der Waals surface area contributed by atoms with Crippen LogP contribution in [0.5, 0.6) is 5.75 Å². The molecule has 1 aliphatic carbocycles. The minimum Gasteiger partial charge on any atom is -0.504 e. The van der Waals surface area contributed by atoms with Crippen molar-refractivity contribution in [2.45, 2.75) is 37.8 Å². The number of aromatic nitrogens is 4. The van der Waals surface area contributed by atoms with Gasteiger partial charge in [0.15, 0.2) is 11.6 Å². The predicted molar refractivity (Wildman–Crippen MR) is 122 cm³/mol. The SMILES string of the molecule is Cn1cc2cc(-c3ccc4nc(N5CC[C@H](NC6CCC6)C5)ccc4n3)c(O)c(F)c2n1. The van der Waals surface area contributed by atoms with Crippen LogP contribution in [0.15, 0.2) is 36.5 Å². The van der Waals surface area contributed by atoms with Crippen molar-refractivity contribution in [2.24, 2.45) is 7.05 Å². The van der Waals surface area contributed by atoms with Crippen molar-refractivity contribution in [2.75, 3.05) is 18.0 Å². The van der Waals surface area contributed by atoms with Gasteiger partial charge in [-0.25, -0.2) is 14.4 Å². The highest BCUT2D eigenvalue weighted by Crippen LogP contribution is 2.36. The number of hydrogen-bond acceptors (Lipinski definition) is 6. The van der Waals surface area contributed by atoms with Crippen molar-refractivity contribution in [3.05, 3.63) is 42.3 Å². The van der Waals surface area contributed by atoms with Gasteiger partial charge in [-0.15, -0.1) is 0 Å². The van der Waals surface area contributed by atoms with E-state index in [2.05, 4.69) is 20.3 Å². The molecule has 4 aromatic rings. The summed E-state index contributed by atoms with van der Waals surface area (Å²) in [4.78, 5) is 11.8. The number of benzene rings is 1. The molecule has 2 fully saturated rings. The number of aromatic hydroxyl groups is 1. The maximum Gasteiger partial charge on any atom is 0.193 e. The van der Waals surface area contributed by atoms with Gasteiger partial charge >= 0.3 is 0 Å². The lowest BCUT2D eigenvalue weighted by atomic mass is 9.92. The van der Waals surface area contributed by atoms with Gasteiger partial charge < -0.3 is 15.3 Å². The van der Waals surface area contributed by atoms with Crippen LogP contribution < -0.4 is 10.2 Å². The average Bonchev–Trinajstić information content (AvgIpc) is 3.39. The molecule has 1 saturated heterocycles. The Morgan fingerprint density at radius 3 is 2.69 bits per heavy atom. The summed E-state index contributed by atoms with van der Waals surface area (Å²) in [7, 11) is 1.72. The van der Waals surface area contributed by atoms with Crippen LogP contribution in [0.4, 0.5) is 10.2 Å². The summed E-state index contributed by atoms with van der Waals surface area (Å²) in [5, 5.41) is 18.9. The maximum absolute atomic E-state index is 14.7. The van der Waals surface area contributed by atoms with Crippen molar-refractivity contribution in [3.63, 3.8) is 0 Å². The van der Waals surface area contributed by atoms with Crippen LogP contribution in [-0.2, 0) is 7.05 Å². The topological polar surface area (TPSA) is 79.1 Å². The van der Waals surface area contributed by atoms with Crippen LogP contribution in [0.2, 0.25) is 0 Å². The largest absolute Gasteiger partial charge is 0.504 e. The molecule has 2 N–H and O–H groups in total. The number of halogens is 1. The molecular weight excluding hydrogens is 407 g/mol. The van der Waals surface area contributed by atoms with Crippen LogP contribution in [0.3, 0.4) is 0 Å². The van der Waals surface area contributed by atoms with Crippen molar-refractivity contribution in [1.29, 1.82) is 0 Å². The summed E-state index contributed by atoms with van der Waals surface area (Å²) in [6.07, 6.45) is 6.79. The van der Waals surface area contributed by atoms with Gasteiger partial charge in [-0.1, -0.05) is 6.42 Å². The Bertz CT molecular complexity index is 1330. The summed E-state index contributed by atoms with van der Waals surface area (Å²) in [5.41, 5.74) is 2.49. The first kappa shape index (κ1) is 19.4. The molecule has 1 saturated carbocycles. The molecule has 6 rings (SSSR count). The number of hydrogen-bond donors (Lipinski definition) is 2. The molecule has 4 heterocycles. The molecule has 0 unspecified atom stereocenters. The van der Waals surface area contributed by atoms with Crippen molar-refractivity contribution in [1.82, 2.24) is 25.1 Å². The molecule has 0 spiro atoms. The van der Waals surface area contributed by atoms with E-state index in [0.29, 0.717) is 34.2 Å². The number of fused-ring (bicyclic) bond motifs is 2. The molecule has 164 valence electrons. The highest BCUT2D eigenvalue weighted by atomic mass is 19.1. The minimum absolute atomic E-state index is 0.150. The fraction of sp³-hybridized carbons (Fsp3) is 0.375. The van der Waals surface area contributed by atoms with Gasteiger partial charge in [0.1, 0.15) is 11.3 Å². The number of phenols is 1. The number of pyridine rings is 2. The molecule has 32 heavy (non-hydrogen) atoms. The molecule has 1 aromatic carbocycles. The predicted octanol–water partition coefficient (Wildman–Crippen LogP) is 3.75. The van der Waals surface area contributed by atoms with Crippen molar-refractivity contribution < 1.29 is 9.50 Å². The van der Waals surface area contributed by atoms with E-state index in [9.17, 15) is 9.50 Å². The number of phenolic OH excluding ortho intramolecular Hbond substituents is 1. The van der Waals surface area contributed by atoms with Crippen LogP contribution in [0.1, 0.15) is 25.7 Å². The molecule has 2 aliphatic rings. The maximum atomic E-state index is 14.7. The molecule has 0 amide bonds. The van der Waals surface area contributed by atoms with E-state index in [4.69, 9.17) is 4.98 Å². The minimum atomic E-state index is -0.729. The molecule has 1 atom stereocenters. The van der Waals surface area contributed by atoms with E-state index in [1.807, 2.05) is 18.2 Å². The number of rotatable bonds is 4. The fourth-order valence-electron chi connectivity index (χ4n) is 4.77. The zero-order valence-electron chi connectivity index (χ0n) is 17.9. The standard InChI is InChI=1S/C24H25FN6O/c1-30-12-14-11-17(24(32)22(25)23(14)29-30)18-5-6-20-19(27-18)7-8-21(28-20)31-10-9-16(13-31)26-15-3-2-4-15/h5-8,11-12,15-16,26,32H,2-4,9-10,13H2,1H3/t16-/m0/s1. The van der Waals surface area contributed by atoms with Gasteiger partial charge in [-0.05, 0) is 49.6 Å². The summed E-state index contributed by atoms with van der Waals surface area (Å²) in [6.45, 7) is 1.96. The number of anilines is 1. The Balaban J connectivity index is 1.29. The smallest absolute Gasteiger partial charge is 0.193 e. The average molecular weight is 433 g/mol. The first-order valence-electron chi connectivity index (χ1n) is 11.2. The van der Waals surface area contributed by atoms with E-state index < -0.39 is 11.6 Å². The number of aryl methyl sites for hydroxylation is 1. The van der Waals surface area contributed by atoms with Crippen LogP contribution >= 0.6 is 0 Å². The van der Waals surface area contributed by atoms with Gasteiger partial charge in [0.2, 0.25) is 0 Å². The summed E-state index contributed by atoms with van der Waals surface area (Å²) < 4.78 is 16.2. The van der Waals surface area contributed by atoms with Gasteiger partial charge in [-0.3, -0.25) is 4.68 Å². The van der Waals surface area contributed by atoms with E-state index in [1.54, 1.807) is 25.4 Å². The number of nitrogens with zero attached hydrogens (tertiary/aromatic N) is 5. The Morgan fingerprint density at radius 2 is 1.88 bits per heavy atom. The third-order valence-corrected chi connectivity index (χ3v) is 6.72. The Hall–Kier alpha value is -3.26. The zero-order chi connectivity index (χ0) is 21.8. The van der Waals surface area contributed by atoms with Crippen molar-refractivity contribution in [3.8, 4) is 17.0 Å². The lowest BCUT2D eigenvalue weighted by molar-refractivity contribution is 0.311. The fourth-order valence-corrected chi connectivity index (χ4v) is 4.77. The second-order valence-electron chi connectivity index (χ2n) is 8.96. The third kappa shape index (κ3) is 3.26. The first-order valence-corrected chi connectivity index (χ1v) is 11.2. The van der Waals surface area contributed by atoms with Crippen molar-refractivity contribution >= 4 is 27.8 Å². The lowest BCUT2D eigenvalue weighted by Crippen LogP contribution is -2.43. The van der Waals surface area contributed by atoms with Gasteiger partial charge in [0, 0.05) is 49.4 Å². The van der Waals surface area contributed by atoms with Crippen LogP contribution in [0.25, 0.3) is 33.2 Å². The van der Waals surface area contributed by atoms with Gasteiger partial charge in [0.25, 0.3) is 0 Å². The quantitative estimate of drug-likeness (QED) is 0.511. The summed E-state index contributed by atoms with van der Waals surface area (Å²) in [6, 6.07) is 10.5. The molecule has 0 bridgehead atoms. The van der Waals surface area contributed by atoms with E-state index in [-0.39, 0.29) is 5.52 Å². The summed E-state index contributed by atoms with van der Waals surface area (Å²) in [5.74, 6) is -0.210.